The molecule has 0 radical (unpaired) electrons. The monoisotopic (exact) mass is 265 g/mol. The van der Waals surface area contributed by atoms with E-state index in [1.807, 2.05) is 37.3 Å². The van der Waals surface area contributed by atoms with E-state index in [4.69, 9.17) is 0 Å². The molecule has 2 aromatic carbocycles. The van der Waals surface area contributed by atoms with E-state index in [0.29, 0.717) is 11.0 Å². The quantitative estimate of drug-likeness (QED) is 0.525. The Morgan fingerprint density at radius 2 is 1.75 bits per heavy atom. The number of fused-ring (bicyclic) bond motifs is 1. The number of nitro groups is 1. The standard InChI is InChI=1S/C15H11N3O2/c1-10-15(11-5-3-2-4-6-11)17-14-9-12(18(19)20)7-8-13(14)16-10/h2-9H,1H3. The van der Waals surface area contributed by atoms with Crippen molar-refractivity contribution in [3.63, 3.8) is 0 Å². The lowest BCUT2D eigenvalue weighted by Gasteiger charge is -2.06. The topological polar surface area (TPSA) is 68.9 Å². The van der Waals surface area contributed by atoms with Crippen LogP contribution in [0, 0.1) is 17.0 Å². The first-order valence-corrected chi connectivity index (χ1v) is 6.13. The summed E-state index contributed by atoms with van der Waals surface area (Å²) in [5.74, 6) is 0. The number of nitrogens with zero attached hydrogens (tertiary/aromatic N) is 3. The maximum atomic E-state index is 10.8. The van der Waals surface area contributed by atoms with E-state index in [-0.39, 0.29) is 5.69 Å². The third-order valence-corrected chi connectivity index (χ3v) is 3.08. The number of nitro benzene ring substituents is 1. The van der Waals surface area contributed by atoms with Crippen LogP contribution in [0.25, 0.3) is 22.3 Å². The summed E-state index contributed by atoms with van der Waals surface area (Å²) in [4.78, 5) is 19.4. The van der Waals surface area contributed by atoms with E-state index in [9.17, 15) is 10.1 Å². The van der Waals surface area contributed by atoms with Crippen LogP contribution in [0.3, 0.4) is 0 Å². The minimum Gasteiger partial charge on any atom is -0.258 e. The van der Waals surface area contributed by atoms with Crippen LogP contribution in [0.15, 0.2) is 48.5 Å². The van der Waals surface area contributed by atoms with Gasteiger partial charge in [0.1, 0.15) is 0 Å². The summed E-state index contributed by atoms with van der Waals surface area (Å²) in [5, 5.41) is 10.8. The van der Waals surface area contributed by atoms with Crippen molar-refractivity contribution in [1.82, 2.24) is 9.97 Å². The molecule has 20 heavy (non-hydrogen) atoms. The predicted octanol–water partition coefficient (Wildman–Crippen LogP) is 3.51. The number of aryl methyl sites for hydroxylation is 1. The summed E-state index contributed by atoms with van der Waals surface area (Å²) in [6.45, 7) is 1.89. The van der Waals surface area contributed by atoms with Crippen molar-refractivity contribution in [1.29, 1.82) is 0 Å². The second-order valence-corrected chi connectivity index (χ2v) is 4.45. The van der Waals surface area contributed by atoms with Gasteiger partial charge in [-0.2, -0.15) is 0 Å². The van der Waals surface area contributed by atoms with Gasteiger partial charge in [0.15, 0.2) is 0 Å². The van der Waals surface area contributed by atoms with Crippen molar-refractivity contribution in [2.24, 2.45) is 0 Å². The van der Waals surface area contributed by atoms with Crippen molar-refractivity contribution in [3.8, 4) is 11.3 Å². The molecule has 1 aromatic heterocycles. The third kappa shape index (κ3) is 2.09. The molecule has 0 unspecified atom stereocenters. The highest BCUT2D eigenvalue weighted by Gasteiger charge is 2.11. The number of hydrogen-bond donors (Lipinski definition) is 0. The lowest BCUT2D eigenvalue weighted by atomic mass is 10.1. The molecule has 0 saturated carbocycles. The fourth-order valence-corrected chi connectivity index (χ4v) is 2.11. The number of rotatable bonds is 2. The highest BCUT2D eigenvalue weighted by molar-refractivity contribution is 5.80. The summed E-state index contributed by atoms with van der Waals surface area (Å²) in [6, 6.07) is 14.2. The summed E-state index contributed by atoms with van der Waals surface area (Å²) >= 11 is 0. The first-order chi connectivity index (χ1) is 9.65. The molecule has 0 aliphatic rings. The van der Waals surface area contributed by atoms with Crippen molar-refractivity contribution < 1.29 is 4.92 Å². The van der Waals surface area contributed by atoms with Gasteiger partial charge in [0.05, 0.1) is 27.3 Å². The van der Waals surface area contributed by atoms with Crippen LogP contribution < -0.4 is 0 Å². The van der Waals surface area contributed by atoms with Crippen LogP contribution in [0.5, 0.6) is 0 Å². The first kappa shape index (κ1) is 12.2. The predicted molar refractivity (Wildman–Crippen MR) is 76.4 cm³/mol. The lowest BCUT2D eigenvalue weighted by Crippen LogP contribution is -1.95. The zero-order valence-corrected chi connectivity index (χ0v) is 10.8. The van der Waals surface area contributed by atoms with Crippen molar-refractivity contribution in [3.05, 3.63) is 64.3 Å². The minimum atomic E-state index is -0.427. The molecule has 0 bridgehead atoms. The molecule has 0 fully saturated rings. The Labute approximate surface area is 115 Å². The molecule has 0 atom stereocenters. The largest absolute Gasteiger partial charge is 0.271 e. The number of benzene rings is 2. The zero-order chi connectivity index (χ0) is 14.1. The smallest absolute Gasteiger partial charge is 0.258 e. The van der Waals surface area contributed by atoms with Crippen LogP contribution in [-0.2, 0) is 0 Å². The molecule has 0 spiro atoms. The Hall–Kier alpha value is -2.82. The molecule has 1 heterocycles. The highest BCUT2D eigenvalue weighted by atomic mass is 16.6. The van der Waals surface area contributed by atoms with Gasteiger partial charge >= 0.3 is 0 Å². The molecule has 98 valence electrons. The fraction of sp³-hybridized carbons (Fsp3) is 0.0667. The van der Waals surface area contributed by atoms with Crippen LogP contribution in [0.2, 0.25) is 0 Å². The Morgan fingerprint density at radius 3 is 2.45 bits per heavy atom. The molecule has 5 nitrogen and oxygen atoms in total. The normalized spacial score (nSPS) is 10.7. The molecule has 0 amide bonds. The van der Waals surface area contributed by atoms with Gasteiger partial charge in [-0.05, 0) is 13.0 Å². The van der Waals surface area contributed by atoms with Crippen LogP contribution in [-0.4, -0.2) is 14.9 Å². The van der Waals surface area contributed by atoms with E-state index < -0.39 is 4.92 Å². The number of aromatic nitrogens is 2. The zero-order valence-electron chi connectivity index (χ0n) is 10.8. The maximum absolute atomic E-state index is 10.8. The second-order valence-electron chi connectivity index (χ2n) is 4.45. The maximum Gasteiger partial charge on any atom is 0.271 e. The Bertz CT molecular complexity index is 801. The van der Waals surface area contributed by atoms with E-state index >= 15 is 0 Å². The Kier molecular flexibility index (Phi) is 2.87. The SMILES string of the molecule is Cc1nc2ccc([N+](=O)[O-])cc2nc1-c1ccccc1. The average Bonchev–Trinajstić information content (AvgIpc) is 2.47. The Balaban J connectivity index is 2.23. The molecular formula is C15H11N3O2. The van der Waals surface area contributed by atoms with Gasteiger partial charge in [-0.15, -0.1) is 0 Å². The first-order valence-electron chi connectivity index (χ1n) is 6.13. The molecular weight excluding hydrogens is 254 g/mol. The number of hydrogen-bond acceptors (Lipinski definition) is 4. The van der Waals surface area contributed by atoms with Gasteiger partial charge in [0.25, 0.3) is 5.69 Å². The van der Waals surface area contributed by atoms with Gasteiger partial charge in [0, 0.05) is 17.7 Å². The molecule has 0 N–H and O–H groups in total. The van der Waals surface area contributed by atoms with Gasteiger partial charge in [-0.3, -0.25) is 10.1 Å². The molecule has 0 aliphatic carbocycles. The van der Waals surface area contributed by atoms with E-state index in [0.717, 1.165) is 17.0 Å². The molecule has 3 rings (SSSR count). The van der Waals surface area contributed by atoms with Gasteiger partial charge in [0.2, 0.25) is 0 Å². The second kappa shape index (κ2) is 4.70. The van der Waals surface area contributed by atoms with Crippen LogP contribution in [0.4, 0.5) is 5.69 Å². The van der Waals surface area contributed by atoms with Crippen LogP contribution in [0.1, 0.15) is 5.69 Å². The van der Waals surface area contributed by atoms with Crippen molar-refractivity contribution in [2.75, 3.05) is 0 Å². The van der Waals surface area contributed by atoms with Crippen LogP contribution >= 0.6 is 0 Å². The third-order valence-electron chi connectivity index (χ3n) is 3.08. The Morgan fingerprint density at radius 1 is 1.00 bits per heavy atom. The average molecular weight is 265 g/mol. The summed E-state index contributed by atoms with van der Waals surface area (Å²) in [6.07, 6.45) is 0. The van der Waals surface area contributed by atoms with Gasteiger partial charge < -0.3 is 0 Å². The van der Waals surface area contributed by atoms with E-state index in [1.165, 1.54) is 12.1 Å². The lowest BCUT2D eigenvalue weighted by molar-refractivity contribution is -0.384. The molecule has 0 aliphatic heterocycles. The van der Waals surface area contributed by atoms with Crippen molar-refractivity contribution >= 4 is 16.7 Å². The fourth-order valence-electron chi connectivity index (χ4n) is 2.11. The van der Waals surface area contributed by atoms with Gasteiger partial charge in [-0.1, -0.05) is 30.3 Å². The van der Waals surface area contributed by atoms with Gasteiger partial charge in [-0.25, -0.2) is 9.97 Å². The molecule has 3 aromatic rings. The minimum absolute atomic E-state index is 0.0228. The number of non-ortho nitro benzene ring substituents is 1. The molecule has 5 heteroatoms. The summed E-state index contributed by atoms with van der Waals surface area (Å²) in [5.41, 5.74) is 3.72. The summed E-state index contributed by atoms with van der Waals surface area (Å²) < 4.78 is 0. The van der Waals surface area contributed by atoms with Crippen molar-refractivity contribution in [2.45, 2.75) is 6.92 Å². The highest BCUT2D eigenvalue weighted by Crippen LogP contribution is 2.24. The van der Waals surface area contributed by atoms with E-state index in [1.54, 1.807) is 6.07 Å². The molecule has 0 saturated heterocycles. The summed E-state index contributed by atoms with van der Waals surface area (Å²) in [7, 11) is 0. The van der Waals surface area contributed by atoms with E-state index in [2.05, 4.69) is 9.97 Å².